The van der Waals surface area contributed by atoms with Crippen molar-refractivity contribution in [3.63, 3.8) is 0 Å². The van der Waals surface area contributed by atoms with Crippen molar-refractivity contribution in [1.82, 2.24) is 0 Å². The Bertz CT molecular complexity index is 1310. The van der Waals surface area contributed by atoms with Gasteiger partial charge in [-0.3, -0.25) is 9.59 Å². The zero-order chi connectivity index (χ0) is 22.9. The van der Waals surface area contributed by atoms with Crippen molar-refractivity contribution >= 4 is 23.2 Å². The van der Waals surface area contributed by atoms with Gasteiger partial charge in [0.15, 0.2) is 5.76 Å². The molecule has 5 nitrogen and oxygen atoms in total. The summed E-state index contributed by atoms with van der Waals surface area (Å²) in [6, 6.07) is 27.7. The van der Waals surface area contributed by atoms with Crippen LogP contribution in [0.4, 0.5) is 11.4 Å². The van der Waals surface area contributed by atoms with E-state index in [9.17, 15) is 9.59 Å². The van der Waals surface area contributed by atoms with Crippen molar-refractivity contribution in [3.8, 4) is 22.3 Å². The number of fused-ring (bicyclic) bond motifs is 1. The third kappa shape index (κ3) is 3.82. The predicted molar refractivity (Wildman–Crippen MR) is 130 cm³/mol. The minimum absolute atomic E-state index is 0.0485. The molecule has 0 aliphatic carbocycles. The van der Waals surface area contributed by atoms with E-state index in [1.54, 1.807) is 28.9 Å². The topological polar surface area (TPSA) is 53.8 Å². The normalized spacial score (nSPS) is 15.3. The van der Waals surface area contributed by atoms with Crippen LogP contribution in [0.25, 0.3) is 22.3 Å². The van der Waals surface area contributed by atoms with Gasteiger partial charge < -0.3 is 14.2 Å². The summed E-state index contributed by atoms with van der Waals surface area (Å²) in [6.07, 6.45) is 1.49. The molecule has 2 amide bonds. The first-order chi connectivity index (χ1) is 16.0. The van der Waals surface area contributed by atoms with Gasteiger partial charge in [0.05, 0.1) is 23.7 Å². The largest absolute Gasteiger partial charge is 0.459 e. The number of amides is 2. The third-order valence-corrected chi connectivity index (χ3v) is 6.03. The Kier molecular flexibility index (Phi) is 5.31. The van der Waals surface area contributed by atoms with Crippen LogP contribution >= 0.6 is 0 Å². The number of nitrogens with zero attached hydrogens (tertiary/aromatic N) is 2. The summed E-state index contributed by atoms with van der Waals surface area (Å²) in [4.78, 5) is 29.2. The van der Waals surface area contributed by atoms with E-state index >= 15 is 0 Å². The maximum atomic E-state index is 13.3. The van der Waals surface area contributed by atoms with Gasteiger partial charge in [-0.1, -0.05) is 54.6 Å². The predicted octanol–water partition coefficient (Wildman–Crippen LogP) is 6.02. The van der Waals surface area contributed by atoms with E-state index in [0.29, 0.717) is 12.2 Å². The lowest BCUT2D eigenvalue weighted by Crippen LogP contribution is -2.51. The second-order valence-electron chi connectivity index (χ2n) is 8.28. The average molecular weight is 437 g/mol. The van der Waals surface area contributed by atoms with Gasteiger partial charge in [-0.15, -0.1) is 0 Å². The molecule has 0 spiro atoms. The molecule has 5 heteroatoms. The van der Waals surface area contributed by atoms with Gasteiger partial charge >= 0.3 is 0 Å². The minimum atomic E-state index is -0.216. The van der Waals surface area contributed by atoms with Crippen molar-refractivity contribution < 1.29 is 14.0 Å². The fraction of sp³-hybridized carbons (Fsp3) is 0.143. The molecule has 1 atom stereocenters. The first-order valence-electron chi connectivity index (χ1n) is 11.0. The number of benzene rings is 3. The van der Waals surface area contributed by atoms with E-state index in [-0.39, 0.29) is 23.6 Å². The lowest BCUT2D eigenvalue weighted by atomic mass is 9.97. The highest BCUT2D eigenvalue weighted by molar-refractivity contribution is 6.10. The molecular weight excluding hydrogens is 412 g/mol. The molecule has 0 saturated carbocycles. The molecule has 0 bridgehead atoms. The maximum absolute atomic E-state index is 13.3. The Balaban J connectivity index is 1.61. The van der Waals surface area contributed by atoms with Crippen LogP contribution in [-0.4, -0.2) is 24.4 Å². The van der Waals surface area contributed by atoms with Gasteiger partial charge in [0.1, 0.15) is 0 Å². The number of hydrogen-bond acceptors (Lipinski definition) is 3. The van der Waals surface area contributed by atoms with E-state index in [0.717, 1.165) is 27.9 Å². The molecule has 0 radical (unpaired) electrons. The fourth-order valence-electron chi connectivity index (χ4n) is 4.52. The number of carbonyl (C=O) groups excluding carboxylic acids is 2. The summed E-state index contributed by atoms with van der Waals surface area (Å²) in [6.45, 7) is 3.89. The summed E-state index contributed by atoms with van der Waals surface area (Å²) in [5, 5.41) is 0. The molecule has 0 N–H and O–H groups in total. The van der Waals surface area contributed by atoms with Gasteiger partial charge in [0.2, 0.25) is 5.91 Å². The van der Waals surface area contributed by atoms with Crippen molar-refractivity contribution in [3.05, 3.63) is 97.0 Å². The number of carbonyl (C=O) groups is 2. The van der Waals surface area contributed by atoms with Crippen LogP contribution in [0.5, 0.6) is 0 Å². The average Bonchev–Trinajstić information content (AvgIpc) is 3.38. The van der Waals surface area contributed by atoms with E-state index < -0.39 is 0 Å². The summed E-state index contributed by atoms with van der Waals surface area (Å²) in [7, 11) is 0. The van der Waals surface area contributed by atoms with Crippen LogP contribution in [0.15, 0.2) is 95.6 Å². The highest BCUT2D eigenvalue weighted by Gasteiger charge is 2.35. The SMILES string of the molecule is CC(=O)N1c2ccc(-c3cccc(-c4ccccc4)c3)cc2N(C(=O)c2ccco2)C[C@@H]1C. The zero-order valence-corrected chi connectivity index (χ0v) is 18.6. The van der Waals surface area contributed by atoms with E-state index in [1.165, 1.54) is 6.26 Å². The quantitative estimate of drug-likeness (QED) is 0.395. The molecular formula is C28H24N2O3. The Labute approximate surface area is 192 Å². The number of furan rings is 1. The monoisotopic (exact) mass is 436 g/mol. The molecule has 2 heterocycles. The van der Waals surface area contributed by atoms with E-state index in [1.807, 2.05) is 49.4 Å². The summed E-state index contributed by atoms with van der Waals surface area (Å²) in [5.74, 6) is 0.0139. The van der Waals surface area contributed by atoms with Crippen LogP contribution in [0, 0.1) is 0 Å². The van der Waals surface area contributed by atoms with Crippen molar-refractivity contribution in [1.29, 1.82) is 0 Å². The first kappa shape index (κ1) is 20.8. The van der Waals surface area contributed by atoms with Crippen LogP contribution in [0.2, 0.25) is 0 Å². The first-order valence-corrected chi connectivity index (χ1v) is 11.0. The van der Waals surface area contributed by atoms with Gasteiger partial charge in [0, 0.05) is 13.5 Å². The number of rotatable bonds is 3. The molecule has 3 aromatic carbocycles. The molecule has 33 heavy (non-hydrogen) atoms. The highest BCUT2D eigenvalue weighted by atomic mass is 16.3. The van der Waals surface area contributed by atoms with Crippen LogP contribution < -0.4 is 9.80 Å². The smallest absolute Gasteiger partial charge is 0.294 e. The van der Waals surface area contributed by atoms with Crippen molar-refractivity contribution in [2.75, 3.05) is 16.3 Å². The second-order valence-corrected chi connectivity index (χ2v) is 8.28. The summed E-state index contributed by atoms with van der Waals surface area (Å²) in [5.41, 5.74) is 5.70. The molecule has 0 unspecified atom stereocenters. The molecule has 164 valence electrons. The maximum Gasteiger partial charge on any atom is 0.294 e. The molecule has 4 aromatic rings. The van der Waals surface area contributed by atoms with E-state index in [2.05, 4.69) is 30.3 Å². The zero-order valence-electron chi connectivity index (χ0n) is 18.6. The van der Waals surface area contributed by atoms with Gasteiger partial charge in [0.25, 0.3) is 5.91 Å². The van der Waals surface area contributed by atoms with Gasteiger partial charge in [-0.25, -0.2) is 0 Å². The van der Waals surface area contributed by atoms with Crippen LogP contribution in [-0.2, 0) is 4.79 Å². The summed E-state index contributed by atoms with van der Waals surface area (Å²) < 4.78 is 5.38. The molecule has 0 fully saturated rings. The number of hydrogen-bond donors (Lipinski definition) is 0. The summed E-state index contributed by atoms with van der Waals surface area (Å²) >= 11 is 0. The minimum Gasteiger partial charge on any atom is -0.459 e. The van der Waals surface area contributed by atoms with Crippen LogP contribution in [0.3, 0.4) is 0 Å². The van der Waals surface area contributed by atoms with Gasteiger partial charge in [-0.05, 0) is 59.5 Å². The Morgan fingerprint density at radius 1 is 0.788 bits per heavy atom. The third-order valence-electron chi connectivity index (χ3n) is 6.03. The lowest BCUT2D eigenvalue weighted by molar-refractivity contribution is -0.117. The Morgan fingerprint density at radius 3 is 2.18 bits per heavy atom. The molecule has 0 saturated heterocycles. The Hall–Kier alpha value is -4.12. The molecule has 5 rings (SSSR count). The Morgan fingerprint density at radius 2 is 1.48 bits per heavy atom. The van der Waals surface area contributed by atoms with Crippen molar-refractivity contribution in [2.45, 2.75) is 19.9 Å². The van der Waals surface area contributed by atoms with Gasteiger partial charge in [-0.2, -0.15) is 0 Å². The van der Waals surface area contributed by atoms with Crippen molar-refractivity contribution in [2.24, 2.45) is 0 Å². The molecule has 1 aromatic heterocycles. The lowest BCUT2D eigenvalue weighted by Gasteiger charge is -2.40. The van der Waals surface area contributed by atoms with Crippen LogP contribution in [0.1, 0.15) is 24.4 Å². The number of anilines is 2. The second kappa shape index (κ2) is 8.43. The molecule has 1 aliphatic heterocycles. The highest BCUT2D eigenvalue weighted by Crippen LogP contribution is 2.40. The van der Waals surface area contributed by atoms with E-state index in [4.69, 9.17) is 4.42 Å². The standard InChI is InChI=1S/C28H24N2O3/c1-19-18-29(28(32)27-12-7-15-33-27)26-17-24(13-14-25(26)30(19)20(2)31)23-11-6-10-22(16-23)21-8-4-3-5-9-21/h3-17,19H,18H2,1-2H3/t19-/m0/s1. The fourth-order valence-corrected chi connectivity index (χ4v) is 4.52. The molecule has 1 aliphatic rings.